The number of hydrogen-bond donors (Lipinski definition) is 1. The summed E-state index contributed by atoms with van der Waals surface area (Å²) in [5.41, 5.74) is 1.15. The van der Waals surface area contributed by atoms with Crippen molar-refractivity contribution in [3.05, 3.63) is 23.8 Å². The average molecular weight is 279 g/mol. The van der Waals surface area contributed by atoms with E-state index < -0.39 is 0 Å². The van der Waals surface area contributed by atoms with E-state index in [0.717, 1.165) is 43.0 Å². The largest absolute Gasteiger partial charge is 0.497 e. The van der Waals surface area contributed by atoms with Crippen LogP contribution >= 0.6 is 0 Å². The molecule has 0 amide bonds. The highest BCUT2D eigenvalue weighted by molar-refractivity contribution is 5.40. The average Bonchev–Trinajstić information content (AvgIpc) is 2.89. The van der Waals surface area contributed by atoms with Gasteiger partial charge in [-0.05, 0) is 32.4 Å². The first-order chi connectivity index (χ1) is 9.72. The number of rotatable bonds is 7. The summed E-state index contributed by atoms with van der Waals surface area (Å²) in [4.78, 5) is 0. The Morgan fingerprint density at radius 3 is 2.85 bits per heavy atom. The Morgan fingerprint density at radius 1 is 1.35 bits per heavy atom. The third-order valence-electron chi connectivity index (χ3n) is 3.58. The van der Waals surface area contributed by atoms with Crippen LogP contribution in [0.4, 0.5) is 0 Å². The molecule has 0 radical (unpaired) electrons. The number of ether oxygens (including phenoxy) is 3. The van der Waals surface area contributed by atoms with Crippen LogP contribution in [0.3, 0.4) is 0 Å². The zero-order valence-electron chi connectivity index (χ0n) is 12.6. The van der Waals surface area contributed by atoms with Gasteiger partial charge in [-0.1, -0.05) is 13.0 Å². The molecule has 0 aliphatic carbocycles. The Labute approximate surface area is 121 Å². The summed E-state index contributed by atoms with van der Waals surface area (Å²) in [5.74, 6) is 1.70. The van der Waals surface area contributed by atoms with E-state index in [2.05, 4.69) is 25.2 Å². The molecule has 1 N–H and O–H groups in total. The Kier molecular flexibility index (Phi) is 5.68. The van der Waals surface area contributed by atoms with Crippen molar-refractivity contribution in [3.63, 3.8) is 0 Å². The summed E-state index contributed by atoms with van der Waals surface area (Å²) in [6.07, 6.45) is 2.77. The maximum atomic E-state index is 5.96. The quantitative estimate of drug-likeness (QED) is 0.833. The van der Waals surface area contributed by atoms with Gasteiger partial charge in [0.05, 0.1) is 19.3 Å². The van der Waals surface area contributed by atoms with Crippen LogP contribution in [-0.4, -0.2) is 32.5 Å². The van der Waals surface area contributed by atoms with Gasteiger partial charge < -0.3 is 19.5 Å². The van der Waals surface area contributed by atoms with Crippen LogP contribution in [0.1, 0.15) is 32.3 Å². The van der Waals surface area contributed by atoms with E-state index >= 15 is 0 Å². The van der Waals surface area contributed by atoms with Gasteiger partial charge in [-0.3, -0.25) is 0 Å². The number of hydrogen-bond acceptors (Lipinski definition) is 4. The van der Waals surface area contributed by atoms with Crippen molar-refractivity contribution in [3.8, 4) is 11.5 Å². The standard InChI is InChI=1S/C16H25NO3/c1-4-17-10-13-6-8-14(18-3)9-16(13)19-11-15-7-5-12(2)20-15/h6,8-9,12,15,17H,4-5,7,10-11H2,1-3H3. The first-order valence-corrected chi connectivity index (χ1v) is 7.38. The Morgan fingerprint density at radius 2 is 2.20 bits per heavy atom. The Balaban J connectivity index is 1.99. The van der Waals surface area contributed by atoms with Crippen molar-refractivity contribution in [2.45, 2.75) is 45.4 Å². The van der Waals surface area contributed by atoms with Crippen molar-refractivity contribution in [2.24, 2.45) is 0 Å². The topological polar surface area (TPSA) is 39.7 Å². The van der Waals surface area contributed by atoms with E-state index in [1.807, 2.05) is 12.1 Å². The minimum Gasteiger partial charge on any atom is -0.497 e. The predicted molar refractivity (Wildman–Crippen MR) is 79.4 cm³/mol. The molecule has 1 aliphatic rings. The molecule has 1 heterocycles. The number of methoxy groups -OCH3 is 1. The lowest BCUT2D eigenvalue weighted by Gasteiger charge is -2.16. The summed E-state index contributed by atoms with van der Waals surface area (Å²) in [6.45, 7) is 6.56. The van der Waals surface area contributed by atoms with Crippen molar-refractivity contribution >= 4 is 0 Å². The van der Waals surface area contributed by atoms with E-state index in [9.17, 15) is 0 Å². The van der Waals surface area contributed by atoms with E-state index in [0.29, 0.717) is 12.7 Å². The molecule has 1 saturated heterocycles. The Bertz CT molecular complexity index is 422. The van der Waals surface area contributed by atoms with Crippen LogP contribution in [0, 0.1) is 0 Å². The molecule has 112 valence electrons. The highest BCUT2D eigenvalue weighted by Crippen LogP contribution is 2.26. The fourth-order valence-corrected chi connectivity index (χ4v) is 2.39. The van der Waals surface area contributed by atoms with Gasteiger partial charge >= 0.3 is 0 Å². The molecule has 2 rings (SSSR count). The molecule has 2 unspecified atom stereocenters. The van der Waals surface area contributed by atoms with E-state index in [-0.39, 0.29) is 6.10 Å². The molecule has 0 saturated carbocycles. The third kappa shape index (κ3) is 4.12. The van der Waals surface area contributed by atoms with Crippen molar-refractivity contribution in [1.82, 2.24) is 5.32 Å². The molecule has 0 spiro atoms. The van der Waals surface area contributed by atoms with E-state index in [1.54, 1.807) is 7.11 Å². The molecule has 2 atom stereocenters. The van der Waals surface area contributed by atoms with Gasteiger partial charge in [0.2, 0.25) is 0 Å². The van der Waals surface area contributed by atoms with Gasteiger partial charge in [-0.25, -0.2) is 0 Å². The van der Waals surface area contributed by atoms with Crippen molar-refractivity contribution in [1.29, 1.82) is 0 Å². The molecule has 1 aromatic rings. The SMILES string of the molecule is CCNCc1ccc(OC)cc1OCC1CCC(C)O1. The molecule has 1 aliphatic heterocycles. The molecule has 4 nitrogen and oxygen atoms in total. The molecule has 20 heavy (non-hydrogen) atoms. The summed E-state index contributed by atoms with van der Waals surface area (Å²) >= 11 is 0. The number of nitrogens with one attached hydrogen (secondary N) is 1. The molecule has 0 aromatic heterocycles. The Hall–Kier alpha value is -1.26. The van der Waals surface area contributed by atoms with Crippen molar-refractivity contribution in [2.75, 3.05) is 20.3 Å². The lowest BCUT2D eigenvalue weighted by atomic mass is 10.2. The normalized spacial score (nSPS) is 21.9. The minimum absolute atomic E-state index is 0.211. The van der Waals surface area contributed by atoms with Crippen LogP contribution < -0.4 is 14.8 Å². The first-order valence-electron chi connectivity index (χ1n) is 7.38. The fraction of sp³-hybridized carbons (Fsp3) is 0.625. The van der Waals surface area contributed by atoms with E-state index in [4.69, 9.17) is 14.2 Å². The monoisotopic (exact) mass is 279 g/mol. The van der Waals surface area contributed by atoms with Gasteiger partial charge in [-0.15, -0.1) is 0 Å². The summed E-state index contributed by atoms with van der Waals surface area (Å²) in [5, 5.41) is 3.33. The predicted octanol–water partition coefficient (Wildman–Crippen LogP) is 2.75. The molecule has 1 fully saturated rings. The summed E-state index contributed by atoms with van der Waals surface area (Å²) in [7, 11) is 1.67. The van der Waals surface area contributed by atoms with E-state index in [1.165, 1.54) is 0 Å². The second-order valence-corrected chi connectivity index (χ2v) is 5.21. The molecule has 1 aromatic carbocycles. The molecular weight excluding hydrogens is 254 g/mol. The summed E-state index contributed by atoms with van der Waals surface area (Å²) in [6, 6.07) is 5.97. The maximum absolute atomic E-state index is 5.96. The second kappa shape index (κ2) is 7.50. The second-order valence-electron chi connectivity index (χ2n) is 5.21. The molecule has 4 heteroatoms. The minimum atomic E-state index is 0.211. The van der Waals surface area contributed by atoms with Crippen LogP contribution in [0.5, 0.6) is 11.5 Å². The van der Waals surface area contributed by atoms with Gasteiger partial charge in [0, 0.05) is 18.2 Å². The lowest BCUT2D eigenvalue weighted by molar-refractivity contribution is 0.0262. The third-order valence-corrected chi connectivity index (χ3v) is 3.58. The van der Waals surface area contributed by atoms with Gasteiger partial charge in [0.15, 0.2) is 0 Å². The van der Waals surface area contributed by atoms with Crippen LogP contribution in [-0.2, 0) is 11.3 Å². The number of benzene rings is 1. The highest BCUT2D eigenvalue weighted by Gasteiger charge is 2.22. The van der Waals surface area contributed by atoms with Gasteiger partial charge in [0.1, 0.15) is 18.1 Å². The summed E-state index contributed by atoms with van der Waals surface area (Å²) < 4.78 is 17.0. The first kappa shape index (κ1) is 15.1. The molecular formula is C16H25NO3. The van der Waals surface area contributed by atoms with Crippen molar-refractivity contribution < 1.29 is 14.2 Å². The highest BCUT2D eigenvalue weighted by atomic mass is 16.5. The zero-order valence-corrected chi connectivity index (χ0v) is 12.6. The smallest absolute Gasteiger partial charge is 0.127 e. The fourth-order valence-electron chi connectivity index (χ4n) is 2.39. The maximum Gasteiger partial charge on any atom is 0.127 e. The molecule has 0 bridgehead atoms. The zero-order chi connectivity index (χ0) is 14.4. The van der Waals surface area contributed by atoms with Gasteiger partial charge in [0.25, 0.3) is 0 Å². The lowest BCUT2D eigenvalue weighted by Crippen LogP contribution is -2.19. The van der Waals surface area contributed by atoms with Crippen LogP contribution in [0.25, 0.3) is 0 Å². The van der Waals surface area contributed by atoms with Crippen LogP contribution in [0.15, 0.2) is 18.2 Å². The van der Waals surface area contributed by atoms with Crippen LogP contribution in [0.2, 0.25) is 0 Å². The van der Waals surface area contributed by atoms with Gasteiger partial charge in [-0.2, -0.15) is 0 Å².